The minimum absolute atomic E-state index is 0.0260. The van der Waals surface area contributed by atoms with Gasteiger partial charge in [0.25, 0.3) is 20.0 Å². The fourth-order valence-corrected chi connectivity index (χ4v) is 9.89. The average Bonchev–Trinajstić information content (AvgIpc) is 3.34. The van der Waals surface area contributed by atoms with Crippen LogP contribution in [0.5, 0.6) is 0 Å². The van der Waals surface area contributed by atoms with E-state index >= 15 is 0 Å². The smallest absolute Gasteiger partial charge is 0.271 e. The van der Waals surface area contributed by atoms with Crippen LogP contribution in [0.3, 0.4) is 0 Å². The molecule has 0 radical (unpaired) electrons. The van der Waals surface area contributed by atoms with E-state index in [-0.39, 0.29) is 24.8 Å². The van der Waals surface area contributed by atoms with E-state index in [4.69, 9.17) is 11.6 Å². The number of thiophene rings is 2. The molecule has 2 heterocycles. The molecule has 5 rings (SSSR count). The average molecular weight is 613 g/mol. The molecule has 0 saturated heterocycles. The minimum Gasteiger partial charge on any atom is -0.277 e. The molecule has 38 heavy (non-hydrogen) atoms. The summed E-state index contributed by atoms with van der Waals surface area (Å²) in [7, 11) is -8.41. The third-order valence-corrected chi connectivity index (χ3v) is 12.9. The van der Waals surface area contributed by atoms with Gasteiger partial charge in [-0.3, -0.25) is 9.44 Å². The molecule has 0 bridgehead atoms. The Morgan fingerprint density at radius 3 is 1.55 bits per heavy atom. The zero-order valence-corrected chi connectivity index (χ0v) is 24.0. The number of rotatable bonds is 6. The second-order valence-corrected chi connectivity index (χ2v) is 14.9. The summed E-state index contributed by atoms with van der Waals surface area (Å²) in [5, 5.41) is 1.16. The van der Waals surface area contributed by atoms with Crippen molar-refractivity contribution in [3.63, 3.8) is 0 Å². The Labute approximate surface area is 231 Å². The normalized spacial score (nSPS) is 12.4. The highest BCUT2D eigenvalue weighted by atomic mass is 35.5. The molecule has 0 unspecified atom stereocenters. The van der Waals surface area contributed by atoms with Crippen LogP contribution in [0.2, 0.25) is 5.02 Å². The third-order valence-electron chi connectivity index (χ3n) is 5.98. The zero-order valence-electron chi connectivity index (χ0n) is 20.0. The van der Waals surface area contributed by atoms with Crippen molar-refractivity contribution in [2.24, 2.45) is 0 Å². The number of sulfonamides is 2. The molecule has 3 aromatic carbocycles. The van der Waals surface area contributed by atoms with Crippen LogP contribution in [0, 0.1) is 32.4 Å². The predicted molar refractivity (Wildman–Crippen MR) is 151 cm³/mol. The molecule has 0 amide bonds. The number of anilines is 2. The lowest BCUT2D eigenvalue weighted by molar-refractivity contribution is 0.600. The van der Waals surface area contributed by atoms with Crippen molar-refractivity contribution in [2.45, 2.75) is 29.2 Å². The number of hydrogen-bond acceptors (Lipinski definition) is 6. The highest BCUT2D eigenvalue weighted by Crippen LogP contribution is 2.39. The Bertz CT molecular complexity index is 1840. The first-order valence-electron chi connectivity index (χ1n) is 11.0. The summed E-state index contributed by atoms with van der Waals surface area (Å²) in [5.74, 6) is -0.976. The van der Waals surface area contributed by atoms with Crippen molar-refractivity contribution < 1.29 is 25.6 Å². The molecule has 2 N–H and O–H groups in total. The lowest BCUT2D eigenvalue weighted by Gasteiger charge is -2.16. The fraction of sp³-hybridized carbons (Fsp3) is 0.120. The van der Waals surface area contributed by atoms with E-state index in [9.17, 15) is 25.6 Å². The van der Waals surface area contributed by atoms with Gasteiger partial charge in [-0.2, -0.15) is 0 Å². The van der Waals surface area contributed by atoms with Gasteiger partial charge in [0.1, 0.15) is 20.1 Å². The molecule has 13 heteroatoms. The van der Waals surface area contributed by atoms with Gasteiger partial charge in [0.05, 0.1) is 11.4 Å². The van der Waals surface area contributed by atoms with Gasteiger partial charge in [-0.15, -0.1) is 22.7 Å². The molecule has 0 aliphatic rings. The molecular weight excluding hydrogens is 594 g/mol. The monoisotopic (exact) mass is 612 g/mol. The first-order chi connectivity index (χ1) is 17.8. The van der Waals surface area contributed by atoms with Crippen LogP contribution >= 0.6 is 34.3 Å². The van der Waals surface area contributed by atoms with E-state index in [1.165, 1.54) is 48.5 Å². The number of hydrogen-bond donors (Lipinski definition) is 2. The Balaban J connectivity index is 1.57. The van der Waals surface area contributed by atoms with Crippen LogP contribution in [0.4, 0.5) is 20.2 Å². The first-order valence-corrected chi connectivity index (χ1v) is 16.0. The molecule has 0 spiro atoms. The van der Waals surface area contributed by atoms with Crippen LogP contribution in [0.15, 0.2) is 56.9 Å². The summed E-state index contributed by atoms with van der Waals surface area (Å²) in [4.78, 5) is 0. The van der Waals surface area contributed by atoms with Crippen LogP contribution in [-0.2, 0) is 20.0 Å². The predicted octanol–water partition coefficient (Wildman–Crippen LogP) is 7.57. The van der Waals surface area contributed by atoms with E-state index in [0.29, 0.717) is 36.9 Å². The highest BCUT2D eigenvalue weighted by molar-refractivity contribution is 7.95. The number of fused-ring (bicyclic) bond motifs is 2. The summed E-state index contributed by atoms with van der Waals surface area (Å²) < 4.78 is 87.2. The number of benzene rings is 3. The molecule has 0 fully saturated rings. The van der Waals surface area contributed by atoms with Crippen molar-refractivity contribution in [3.05, 3.63) is 81.9 Å². The van der Waals surface area contributed by atoms with E-state index in [2.05, 4.69) is 9.44 Å². The van der Waals surface area contributed by atoms with Crippen LogP contribution in [0.1, 0.15) is 16.7 Å². The Kier molecular flexibility index (Phi) is 6.67. The van der Waals surface area contributed by atoms with Gasteiger partial charge in [-0.05, 0) is 96.8 Å². The maximum absolute atomic E-state index is 13.8. The molecule has 0 aliphatic carbocycles. The summed E-state index contributed by atoms with van der Waals surface area (Å²) in [6, 6.07) is 10.8. The molecule has 198 valence electrons. The van der Waals surface area contributed by atoms with E-state index < -0.39 is 31.7 Å². The lowest BCUT2D eigenvalue weighted by Crippen LogP contribution is -2.17. The second-order valence-electron chi connectivity index (χ2n) is 8.67. The molecule has 0 atom stereocenters. The van der Waals surface area contributed by atoms with Gasteiger partial charge in [-0.1, -0.05) is 11.6 Å². The largest absolute Gasteiger partial charge is 0.277 e. The first kappa shape index (κ1) is 26.8. The number of aryl methyl sites for hydroxylation is 3. The van der Waals surface area contributed by atoms with Gasteiger partial charge >= 0.3 is 0 Å². The second kappa shape index (κ2) is 9.45. The standard InChI is InChI=1S/C25H19ClF2N2O4S4/c1-12-8-20(29-37(31,32)24-13(2)17-9-15(27)4-6-22(17)35-24)21(11-19(12)26)30-38(33,34)25-14(3)18-10-16(28)5-7-23(18)36-25/h4-11,29-30H,1-3H3. The molecule has 0 saturated carbocycles. The molecular formula is C25H19ClF2N2O4S4. The maximum Gasteiger partial charge on any atom is 0.271 e. The summed E-state index contributed by atoms with van der Waals surface area (Å²) in [6.45, 7) is 4.80. The van der Waals surface area contributed by atoms with Crippen molar-refractivity contribution in [1.82, 2.24) is 0 Å². The van der Waals surface area contributed by atoms with Gasteiger partial charge < -0.3 is 0 Å². The quantitative estimate of drug-likeness (QED) is 0.207. The van der Waals surface area contributed by atoms with E-state index in [1.807, 2.05) is 0 Å². The Morgan fingerprint density at radius 2 is 1.11 bits per heavy atom. The van der Waals surface area contributed by atoms with E-state index in [1.54, 1.807) is 20.8 Å². The van der Waals surface area contributed by atoms with Crippen molar-refractivity contribution in [1.29, 1.82) is 0 Å². The molecule has 0 aliphatic heterocycles. The third kappa shape index (κ3) is 4.75. The highest BCUT2D eigenvalue weighted by Gasteiger charge is 2.27. The zero-order chi connectivity index (χ0) is 27.6. The van der Waals surface area contributed by atoms with Crippen LogP contribution in [-0.4, -0.2) is 16.8 Å². The van der Waals surface area contributed by atoms with Crippen LogP contribution in [0.25, 0.3) is 20.2 Å². The van der Waals surface area contributed by atoms with Crippen molar-refractivity contribution in [2.75, 3.05) is 9.44 Å². The summed E-state index contributed by atoms with van der Waals surface area (Å²) >= 11 is 8.22. The van der Waals surface area contributed by atoms with Crippen molar-refractivity contribution in [3.8, 4) is 0 Å². The molecule has 5 aromatic rings. The molecule has 6 nitrogen and oxygen atoms in total. The minimum atomic E-state index is -4.21. The Morgan fingerprint density at radius 1 is 0.684 bits per heavy atom. The summed E-state index contributed by atoms with van der Waals surface area (Å²) in [5.41, 5.74) is 1.12. The number of nitrogens with one attached hydrogen (secondary N) is 2. The van der Waals surface area contributed by atoms with Gasteiger partial charge in [-0.25, -0.2) is 25.6 Å². The molecule has 2 aromatic heterocycles. The summed E-state index contributed by atoms with van der Waals surface area (Å²) in [6.07, 6.45) is 0. The van der Waals surface area contributed by atoms with Gasteiger partial charge in [0.2, 0.25) is 0 Å². The van der Waals surface area contributed by atoms with E-state index in [0.717, 1.165) is 22.7 Å². The SMILES string of the molecule is Cc1cc(NS(=O)(=O)c2sc3ccc(F)cc3c2C)c(NS(=O)(=O)c2sc3ccc(F)cc3c2C)cc1Cl. The topological polar surface area (TPSA) is 92.3 Å². The fourth-order valence-electron chi connectivity index (χ4n) is 4.09. The lowest BCUT2D eigenvalue weighted by atomic mass is 10.2. The van der Waals surface area contributed by atoms with Gasteiger partial charge in [0.15, 0.2) is 0 Å². The van der Waals surface area contributed by atoms with Crippen LogP contribution < -0.4 is 9.44 Å². The van der Waals surface area contributed by atoms with Gasteiger partial charge in [0, 0.05) is 14.4 Å². The van der Waals surface area contributed by atoms with Crippen molar-refractivity contribution >= 4 is 85.9 Å². The number of halogens is 3. The maximum atomic E-state index is 13.8. The Hall–Kier alpha value is -2.77.